The first-order valence-corrected chi connectivity index (χ1v) is 8.56. The average molecular weight is 199 g/mol. The van der Waals surface area contributed by atoms with E-state index in [1.165, 1.54) is 0 Å². The summed E-state index contributed by atoms with van der Waals surface area (Å²) < 4.78 is 1.81. The zero-order chi connectivity index (χ0) is 9.46. The van der Waals surface area contributed by atoms with E-state index in [0.717, 1.165) is 5.92 Å². The van der Waals surface area contributed by atoms with Crippen molar-refractivity contribution in [2.75, 3.05) is 0 Å². The SMILES string of the molecule is CC1=C(C)C(C)[C]([Ti]([CH3])[CH3])=C1C. The Bertz CT molecular complexity index is 256. The number of allylic oxidation sites excluding steroid dienone is 4. The number of rotatable bonds is 1. The van der Waals surface area contributed by atoms with Crippen molar-refractivity contribution in [1.82, 2.24) is 0 Å². The van der Waals surface area contributed by atoms with Gasteiger partial charge in [0.05, 0.1) is 0 Å². The van der Waals surface area contributed by atoms with Gasteiger partial charge in [-0.05, 0) is 0 Å². The van der Waals surface area contributed by atoms with Crippen LogP contribution >= 0.6 is 0 Å². The summed E-state index contributed by atoms with van der Waals surface area (Å²) in [5.74, 6) is 0.759. The standard InChI is InChI=1S/C9H13.2CH3.Ti/c1-6-5-7(2)9(4)8(6)3;;;/h6H,1-4H3;2*1H3;. The second kappa shape index (κ2) is 3.51. The summed E-state index contributed by atoms with van der Waals surface area (Å²) in [6.07, 6.45) is 0. The first-order valence-electron chi connectivity index (χ1n) is 4.65. The molecule has 1 rings (SSSR count). The van der Waals surface area contributed by atoms with Gasteiger partial charge in [0.1, 0.15) is 0 Å². The fourth-order valence-corrected chi connectivity index (χ4v) is 5.33. The van der Waals surface area contributed by atoms with E-state index in [9.17, 15) is 0 Å². The maximum atomic E-state index is 2.46. The molecule has 1 unspecified atom stereocenters. The summed E-state index contributed by atoms with van der Waals surface area (Å²) in [6, 6.07) is 0. The molecule has 0 aromatic rings. The van der Waals surface area contributed by atoms with Crippen molar-refractivity contribution >= 4 is 0 Å². The molecule has 0 bridgehead atoms. The molecule has 0 radical (unpaired) electrons. The van der Waals surface area contributed by atoms with E-state index in [4.69, 9.17) is 0 Å². The van der Waals surface area contributed by atoms with Gasteiger partial charge in [-0.1, -0.05) is 0 Å². The molecule has 0 nitrogen and oxygen atoms in total. The van der Waals surface area contributed by atoms with Crippen LogP contribution in [0.15, 0.2) is 20.6 Å². The van der Waals surface area contributed by atoms with Crippen LogP contribution in [0.5, 0.6) is 0 Å². The predicted octanol–water partition coefficient (Wildman–Crippen LogP) is 3.96. The Kier molecular flexibility index (Phi) is 3.01. The Balaban J connectivity index is 3.09. The molecule has 0 fully saturated rings. The average Bonchev–Trinajstić information content (AvgIpc) is 2.16. The Morgan fingerprint density at radius 1 is 1.00 bits per heavy atom. The number of hydrogen-bond donors (Lipinski definition) is 0. The monoisotopic (exact) mass is 199 g/mol. The van der Waals surface area contributed by atoms with Crippen molar-refractivity contribution in [2.24, 2.45) is 5.92 Å². The minimum absolute atomic E-state index is 0.759. The van der Waals surface area contributed by atoms with Crippen LogP contribution in [0.25, 0.3) is 0 Å². The molecular formula is C11H19Ti. The molecule has 12 heavy (non-hydrogen) atoms. The molecule has 0 aromatic heterocycles. The zero-order valence-corrected chi connectivity index (χ0v) is 10.6. The third-order valence-corrected chi connectivity index (χ3v) is 6.12. The van der Waals surface area contributed by atoms with Gasteiger partial charge in [0, 0.05) is 0 Å². The Labute approximate surface area is 82.6 Å². The van der Waals surface area contributed by atoms with E-state index >= 15 is 0 Å². The second-order valence-electron chi connectivity index (χ2n) is 4.07. The van der Waals surface area contributed by atoms with Gasteiger partial charge in [0.15, 0.2) is 0 Å². The van der Waals surface area contributed by atoms with Gasteiger partial charge in [-0.3, -0.25) is 0 Å². The van der Waals surface area contributed by atoms with Gasteiger partial charge in [-0.15, -0.1) is 0 Å². The van der Waals surface area contributed by atoms with Crippen molar-refractivity contribution in [1.29, 1.82) is 0 Å². The molecular weight excluding hydrogens is 180 g/mol. The van der Waals surface area contributed by atoms with Crippen molar-refractivity contribution in [3.05, 3.63) is 20.6 Å². The molecule has 0 amide bonds. The van der Waals surface area contributed by atoms with E-state index < -0.39 is 17.9 Å². The Morgan fingerprint density at radius 3 is 1.67 bits per heavy atom. The second-order valence-corrected chi connectivity index (χ2v) is 8.03. The van der Waals surface area contributed by atoms with Crippen LogP contribution in [0, 0.1) is 5.92 Å². The van der Waals surface area contributed by atoms with Crippen molar-refractivity contribution in [3.63, 3.8) is 0 Å². The van der Waals surface area contributed by atoms with Gasteiger partial charge in [0.25, 0.3) is 0 Å². The topological polar surface area (TPSA) is 0 Å². The fourth-order valence-electron chi connectivity index (χ4n) is 2.17. The van der Waals surface area contributed by atoms with E-state index in [0.29, 0.717) is 0 Å². The summed E-state index contributed by atoms with van der Waals surface area (Å²) in [4.78, 5) is 0. The van der Waals surface area contributed by atoms with Crippen LogP contribution < -0.4 is 0 Å². The van der Waals surface area contributed by atoms with Gasteiger partial charge in [-0.2, -0.15) is 0 Å². The van der Waals surface area contributed by atoms with Crippen LogP contribution in [-0.2, 0) is 17.9 Å². The molecule has 0 saturated carbocycles. The van der Waals surface area contributed by atoms with Crippen LogP contribution in [0.1, 0.15) is 27.7 Å². The van der Waals surface area contributed by atoms with E-state index in [-0.39, 0.29) is 0 Å². The Hall–Kier alpha value is 0.194. The maximum absolute atomic E-state index is 2.46. The van der Waals surface area contributed by atoms with Gasteiger partial charge in [-0.25, -0.2) is 0 Å². The fraction of sp³-hybridized carbons (Fsp3) is 0.636. The van der Waals surface area contributed by atoms with Gasteiger partial charge in [0.2, 0.25) is 0 Å². The molecule has 1 heteroatoms. The Morgan fingerprint density at radius 2 is 1.50 bits per heavy atom. The molecule has 0 N–H and O–H groups in total. The van der Waals surface area contributed by atoms with Crippen molar-refractivity contribution in [3.8, 4) is 0 Å². The van der Waals surface area contributed by atoms with E-state index in [1.54, 1.807) is 16.7 Å². The molecule has 1 aliphatic rings. The summed E-state index contributed by atoms with van der Waals surface area (Å²) >= 11 is -0.834. The molecule has 0 heterocycles. The summed E-state index contributed by atoms with van der Waals surface area (Å²) in [7, 11) is 0. The minimum atomic E-state index is -0.834. The zero-order valence-electron chi connectivity index (χ0n) is 9.08. The normalized spacial score (nSPS) is 24.0. The van der Waals surface area contributed by atoms with Crippen LogP contribution in [-0.4, -0.2) is 0 Å². The van der Waals surface area contributed by atoms with Crippen molar-refractivity contribution in [2.45, 2.75) is 38.2 Å². The molecule has 0 aromatic carbocycles. The van der Waals surface area contributed by atoms with E-state index in [2.05, 4.69) is 38.2 Å². The van der Waals surface area contributed by atoms with Gasteiger partial charge < -0.3 is 0 Å². The van der Waals surface area contributed by atoms with Crippen LogP contribution in [0.3, 0.4) is 0 Å². The van der Waals surface area contributed by atoms with Crippen LogP contribution in [0.2, 0.25) is 10.5 Å². The van der Waals surface area contributed by atoms with Crippen molar-refractivity contribution < 1.29 is 17.9 Å². The third-order valence-electron chi connectivity index (χ3n) is 3.18. The molecule has 1 atom stereocenters. The summed E-state index contributed by atoms with van der Waals surface area (Å²) in [6.45, 7) is 9.23. The summed E-state index contributed by atoms with van der Waals surface area (Å²) in [5.41, 5.74) is 4.78. The molecule has 67 valence electrons. The molecule has 0 aliphatic heterocycles. The third kappa shape index (κ3) is 1.47. The first kappa shape index (κ1) is 10.3. The van der Waals surface area contributed by atoms with Gasteiger partial charge >= 0.3 is 82.5 Å². The predicted molar refractivity (Wildman–Crippen MR) is 52.0 cm³/mol. The molecule has 1 aliphatic carbocycles. The summed E-state index contributed by atoms with van der Waals surface area (Å²) in [5, 5.41) is 4.92. The first-order chi connectivity index (χ1) is 5.46. The van der Waals surface area contributed by atoms with Crippen LogP contribution in [0.4, 0.5) is 0 Å². The molecule has 0 spiro atoms. The quantitative estimate of drug-likeness (QED) is 0.560. The molecule has 0 saturated heterocycles. The number of hydrogen-bond acceptors (Lipinski definition) is 0. The van der Waals surface area contributed by atoms with E-state index in [1.807, 2.05) is 3.88 Å².